The first kappa shape index (κ1) is 17.3. The molecule has 2 aromatic carbocycles. The third-order valence-corrected chi connectivity index (χ3v) is 3.23. The zero-order chi connectivity index (χ0) is 17.2. The Morgan fingerprint density at radius 2 is 1.54 bits per heavy atom. The summed E-state index contributed by atoms with van der Waals surface area (Å²) in [6.45, 7) is 2.80. The molecule has 2 aromatic rings. The molecule has 0 saturated heterocycles. The molecule has 0 atom stereocenters. The van der Waals surface area contributed by atoms with Crippen LogP contribution in [-0.4, -0.2) is 42.1 Å². The van der Waals surface area contributed by atoms with Crippen molar-refractivity contribution in [2.75, 3.05) is 19.8 Å². The highest BCUT2D eigenvalue weighted by molar-refractivity contribution is 5.83. The van der Waals surface area contributed by atoms with Gasteiger partial charge >= 0.3 is 0 Å². The van der Waals surface area contributed by atoms with Gasteiger partial charge in [-0.05, 0) is 31.2 Å². The van der Waals surface area contributed by atoms with E-state index in [0.717, 1.165) is 10.3 Å². The van der Waals surface area contributed by atoms with Crippen LogP contribution in [0.5, 0.6) is 11.5 Å². The lowest BCUT2D eigenvalue weighted by Gasteiger charge is -2.11. The maximum Gasteiger partial charge on any atom is 0.185 e. The third kappa shape index (κ3) is 5.01. The van der Waals surface area contributed by atoms with Gasteiger partial charge < -0.3 is 19.9 Å². The SMILES string of the molecule is CC[N+]([O-])=Cc1ccccc1OCCOc1ccccc1/C=N/O. The fraction of sp³-hybridized carbons (Fsp3) is 0.222. The number of rotatable bonds is 8. The first-order valence-electron chi connectivity index (χ1n) is 7.64. The Labute approximate surface area is 140 Å². The second-order valence-electron chi connectivity index (χ2n) is 4.88. The molecule has 0 aliphatic rings. The van der Waals surface area contributed by atoms with Crippen LogP contribution in [0, 0.1) is 5.21 Å². The van der Waals surface area contributed by atoms with E-state index in [2.05, 4.69) is 5.16 Å². The maximum atomic E-state index is 11.5. The predicted molar refractivity (Wildman–Crippen MR) is 92.6 cm³/mol. The first-order valence-corrected chi connectivity index (χ1v) is 7.64. The molecule has 0 fully saturated rings. The van der Waals surface area contributed by atoms with Gasteiger partial charge in [-0.25, -0.2) is 4.74 Å². The van der Waals surface area contributed by atoms with Crippen molar-refractivity contribution in [1.82, 2.24) is 0 Å². The smallest absolute Gasteiger partial charge is 0.185 e. The molecule has 6 nitrogen and oxygen atoms in total. The Kier molecular flexibility index (Phi) is 6.64. The second kappa shape index (κ2) is 9.19. The van der Waals surface area contributed by atoms with Crippen molar-refractivity contribution >= 4 is 12.4 Å². The van der Waals surface area contributed by atoms with Crippen molar-refractivity contribution in [3.05, 3.63) is 64.9 Å². The molecule has 24 heavy (non-hydrogen) atoms. The third-order valence-electron chi connectivity index (χ3n) is 3.23. The number of hydrogen-bond acceptors (Lipinski definition) is 5. The number of para-hydroxylation sites is 2. The molecule has 0 bridgehead atoms. The number of hydrogen-bond donors (Lipinski definition) is 1. The van der Waals surface area contributed by atoms with Crippen LogP contribution >= 0.6 is 0 Å². The van der Waals surface area contributed by atoms with Gasteiger partial charge in [0.25, 0.3) is 0 Å². The minimum absolute atomic E-state index is 0.319. The van der Waals surface area contributed by atoms with Crippen LogP contribution in [0.3, 0.4) is 0 Å². The molecule has 2 rings (SSSR count). The van der Waals surface area contributed by atoms with Crippen molar-refractivity contribution in [3.8, 4) is 11.5 Å². The van der Waals surface area contributed by atoms with Crippen molar-refractivity contribution in [2.45, 2.75) is 6.92 Å². The molecule has 0 aliphatic carbocycles. The van der Waals surface area contributed by atoms with Crippen LogP contribution < -0.4 is 9.47 Å². The summed E-state index contributed by atoms with van der Waals surface area (Å²) in [5.41, 5.74) is 1.40. The highest BCUT2D eigenvalue weighted by Crippen LogP contribution is 2.17. The van der Waals surface area contributed by atoms with E-state index in [1.807, 2.05) is 36.4 Å². The summed E-state index contributed by atoms with van der Waals surface area (Å²) in [4.78, 5) is 0. The zero-order valence-electron chi connectivity index (χ0n) is 13.5. The summed E-state index contributed by atoms with van der Waals surface area (Å²) in [6.07, 6.45) is 2.82. The predicted octanol–water partition coefficient (Wildman–Crippen LogP) is 2.90. The van der Waals surface area contributed by atoms with E-state index in [9.17, 15) is 5.21 Å². The van der Waals surface area contributed by atoms with E-state index in [-0.39, 0.29) is 0 Å². The molecule has 1 N–H and O–H groups in total. The lowest BCUT2D eigenvalue weighted by molar-refractivity contribution is -0.447. The normalized spacial score (nSPS) is 11.6. The molecule has 0 heterocycles. The van der Waals surface area contributed by atoms with Crippen molar-refractivity contribution in [3.63, 3.8) is 0 Å². The lowest BCUT2D eigenvalue weighted by Crippen LogP contribution is -2.12. The lowest BCUT2D eigenvalue weighted by atomic mass is 10.2. The Morgan fingerprint density at radius 3 is 2.12 bits per heavy atom. The van der Waals surface area contributed by atoms with E-state index in [1.54, 1.807) is 19.1 Å². The van der Waals surface area contributed by atoms with E-state index < -0.39 is 0 Å². The molecule has 0 spiro atoms. The molecular formula is C18H20N2O4. The van der Waals surface area contributed by atoms with Gasteiger partial charge in [0, 0.05) is 5.56 Å². The Hall–Kier alpha value is -3.02. The van der Waals surface area contributed by atoms with Gasteiger partial charge in [0.15, 0.2) is 12.8 Å². The van der Waals surface area contributed by atoms with Gasteiger partial charge in [0.2, 0.25) is 0 Å². The summed E-state index contributed by atoms with van der Waals surface area (Å²) in [6, 6.07) is 14.6. The number of oxime groups is 1. The number of nitrogens with zero attached hydrogens (tertiary/aromatic N) is 2. The summed E-state index contributed by atoms with van der Waals surface area (Å²) >= 11 is 0. The minimum Gasteiger partial charge on any atom is -0.624 e. The average Bonchev–Trinajstić information content (AvgIpc) is 2.61. The molecular weight excluding hydrogens is 308 g/mol. The zero-order valence-corrected chi connectivity index (χ0v) is 13.5. The van der Waals surface area contributed by atoms with E-state index in [4.69, 9.17) is 14.7 Å². The van der Waals surface area contributed by atoms with Crippen molar-refractivity contribution < 1.29 is 19.4 Å². The van der Waals surface area contributed by atoms with Crippen LogP contribution in [0.1, 0.15) is 18.1 Å². The summed E-state index contributed by atoms with van der Waals surface area (Å²) in [5.74, 6) is 1.23. The topological polar surface area (TPSA) is 77.1 Å². The molecule has 6 heteroatoms. The Balaban J connectivity index is 1.94. The highest BCUT2D eigenvalue weighted by atomic mass is 16.5. The van der Waals surface area contributed by atoms with Crippen LogP contribution in [0.25, 0.3) is 0 Å². The minimum atomic E-state index is 0.319. The second-order valence-corrected chi connectivity index (χ2v) is 4.88. The standard InChI is InChI=1S/C18H20N2O4/c1-2-20(22)14-16-8-4-6-10-18(16)24-12-11-23-17-9-5-3-7-15(17)13-19-21/h3-10,13-14,21H,2,11-12H2,1H3/b19-13+,20-14?. The van der Waals surface area contributed by atoms with Crippen molar-refractivity contribution in [2.24, 2.45) is 5.16 Å². The first-order chi connectivity index (χ1) is 11.7. The largest absolute Gasteiger partial charge is 0.624 e. The monoisotopic (exact) mass is 328 g/mol. The van der Waals surface area contributed by atoms with Crippen LogP contribution in [0.4, 0.5) is 0 Å². The Morgan fingerprint density at radius 1 is 1.00 bits per heavy atom. The van der Waals surface area contributed by atoms with Gasteiger partial charge in [-0.3, -0.25) is 0 Å². The molecule has 0 unspecified atom stereocenters. The quantitative estimate of drug-likeness (QED) is 0.202. The van der Waals surface area contributed by atoms with Gasteiger partial charge in [-0.2, -0.15) is 0 Å². The van der Waals surface area contributed by atoms with Gasteiger partial charge in [0.1, 0.15) is 24.7 Å². The molecule has 0 radical (unpaired) electrons. The maximum absolute atomic E-state index is 11.5. The highest BCUT2D eigenvalue weighted by Gasteiger charge is 2.05. The fourth-order valence-electron chi connectivity index (χ4n) is 2.05. The fourth-order valence-corrected chi connectivity index (χ4v) is 2.05. The Bertz CT molecular complexity index is 714. The molecule has 0 aromatic heterocycles. The summed E-state index contributed by atoms with van der Waals surface area (Å²) in [5, 5.41) is 23.2. The average molecular weight is 328 g/mol. The van der Waals surface area contributed by atoms with Crippen LogP contribution in [0.2, 0.25) is 0 Å². The van der Waals surface area contributed by atoms with E-state index >= 15 is 0 Å². The number of ether oxygens (including phenoxy) is 2. The molecule has 126 valence electrons. The summed E-state index contributed by atoms with van der Waals surface area (Å²) in [7, 11) is 0. The van der Waals surface area contributed by atoms with Gasteiger partial charge in [-0.15, -0.1) is 0 Å². The number of benzene rings is 2. The number of hydroxylamine groups is 1. The van der Waals surface area contributed by atoms with Crippen LogP contribution in [0.15, 0.2) is 53.7 Å². The van der Waals surface area contributed by atoms with E-state index in [1.165, 1.54) is 12.4 Å². The van der Waals surface area contributed by atoms with Gasteiger partial charge in [0.05, 0.1) is 11.8 Å². The molecule has 0 aliphatic heterocycles. The summed E-state index contributed by atoms with van der Waals surface area (Å²) < 4.78 is 12.2. The molecule has 0 amide bonds. The van der Waals surface area contributed by atoms with E-state index in [0.29, 0.717) is 36.8 Å². The van der Waals surface area contributed by atoms with Crippen molar-refractivity contribution in [1.29, 1.82) is 0 Å². The van der Waals surface area contributed by atoms with Crippen LogP contribution in [-0.2, 0) is 0 Å². The molecule has 0 saturated carbocycles. The van der Waals surface area contributed by atoms with Gasteiger partial charge in [-0.1, -0.05) is 29.4 Å².